The Hall–Kier alpha value is -0.510. The highest BCUT2D eigenvalue weighted by atomic mass is 32.2. The van der Waals surface area contributed by atoms with Crippen molar-refractivity contribution in [2.75, 3.05) is 18.9 Å². The molecule has 1 aromatic rings. The van der Waals surface area contributed by atoms with Gasteiger partial charge in [-0.3, -0.25) is 0 Å². The van der Waals surface area contributed by atoms with Crippen molar-refractivity contribution in [2.45, 2.75) is 43.5 Å². The van der Waals surface area contributed by atoms with E-state index in [4.69, 9.17) is 0 Å². The maximum atomic E-state index is 9.84. The highest BCUT2D eigenvalue weighted by Gasteiger charge is 2.32. The fourth-order valence-electron chi connectivity index (χ4n) is 2.53. The number of aliphatic hydroxyl groups excluding tert-OH is 1. The lowest BCUT2D eigenvalue weighted by atomic mass is 9.77. The number of likely N-dealkylation sites (N-methyl/N-ethyl adjacent to an activating group) is 1. The number of aliphatic hydroxyl groups is 1. The molecule has 0 amide bonds. The van der Waals surface area contributed by atoms with Gasteiger partial charge in [0.2, 0.25) is 0 Å². The maximum absolute atomic E-state index is 9.84. The van der Waals surface area contributed by atoms with Gasteiger partial charge in [0.25, 0.3) is 0 Å². The van der Waals surface area contributed by atoms with Crippen molar-refractivity contribution in [3.63, 3.8) is 0 Å². The van der Waals surface area contributed by atoms with Crippen LogP contribution < -0.4 is 5.32 Å². The Morgan fingerprint density at radius 1 is 1.50 bits per heavy atom. The molecule has 0 fully saturated rings. The lowest BCUT2D eigenvalue weighted by Gasteiger charge is -2.35. The molecule has 2 unspecified atom stereocenters. The molecule has 3 heteroatoms. The van der Waals surface area contributed by atoms with Crippen LogP contribution >= 0.6 is 11.8 Å². The van der Waals surface area contributed by atoms with Crippen LogP contribution in [-0.4, -0.2) is 30.1 Å². The lowest BCUT2D eigenvalue weighted by molar-refractivity contribution is 0.172. The molecule has 0 saturated heterocycles. The summed E-state index contributed by atoms with van der Waals surface area (Å²) in [7, 11) is 0. The van der Waals surface area contributed by atoms with Gasteiger partial charge in [-0.25, -0.2) is 0 Å². The number of thioether (sulfide) groups is 1. The van der Waals surface area contributed by atoms with E-state index in [0.717, 1.165) is 6.54 Å². The third-order valence-corrected chi connectivity index (χ3v) is 5.25. The van der Waals surface area contributed by atoms with Crippen LogP contribution in [0.3, 0.4) is 0 Å². The van der Waals surface area contributed by atoms with Crippen LogP contribution in [0.2, 0.25) is 0 Å². The van der Waals surface area contributed by atoms with Crippen molar-refractivity contribution in [1.82, 2.24) is 5.32 Å². The lowest BCUT2D eigenvalue weighted by Crippen LogP contribution is -2.47. The topological polar surface area (TPSA) is 32.3 Å². The standard InChI is InChI=1S/C15H23NOS/c1-4-16-11(2)15(3,10-17)13-6-5-12-7-8-18-14(12)9-13/h5-6,9,11,16-17H,4,7-8,10H2,1-3H3. The van der Waals surface area contributed by atoms with Gasteiger partial charge >= 0.3 is 0 Å². The molecule has 1 aromatic carbocycles. The molecule has 18 heavy (non-hydrogen) atoms. The summed E-state index contributed by atoms with van der Waals surface area (Å²) in [6.45, 7) is 7.50. The van der Waals surface area contributed by atoms with Crippen LogP contribution in [0.4, 0.5) is 0 Å². The first-order chi connectivity index (χ1) is 8.61. The van der Waals surface area contributed by atoms with Crippen LogP contribution in [0.5, 0.6) is 0 Å². The maximum Gasteiger partial charge on any atom is 0.0540 e. The summed E-state index contributed by atoms with van der Waals surface area (Å²) in [5, 5.41) is 13.3. The third-order valence-electron chi connectivity index (χ3n) is 4.15. The summed E-state index contributed by atoms with van der Waals surface area (Å²) in [5.41, 5.74) is 2.49. The van der Waals surface area contributed by atoms with Crippen molar-refractivity contribution in [1.29, 1.82) is 0 Å². The second kappa shape index (κ2) is 5.64. The zero-order valence-corrected chi connectivity index (χ0v) is 12.3. The van der Waals surface area contributed by atoms with Crippen molar-refractivity contribution < 1.29 is 5.11 Å². The molecule has 2 N–H and O–H groups in total. The van der Waals surface area contributed by atoms with Gasteiger partial charge in [0.1, 0.15) is 0 Å². The summed E-state index contributed by atoms with van der Waals surface area (Å²) in [6, 6.07) is 6.96. The molecular weight excluding hydrogens is 242 g/mol. The molecule has 2 nitrogen and oxygen atoms in total. The van der Waals surface area contributed by atoms with E-state index in [-0.39, 0.29) is 18.1 Å². The Morgan fingerprint density at radius 3 is 2.94 bits per heavy atom. The minimum atomic E-state index is -0.214. The van der Waals surface area contributed by atoms with E-state index >= 15 is 0 Å². The molecule has 0 saturated carbocycles. The van der Waals surface area contributed by atoms with Gasteiger partial charge in [-0.2, -0.15) is 0 Å². The van der Waals surface area contributed by atoms with E-state index in [2.05, 4.69) is 44.3 Å². The van der Waals surface area contributed by atoms with E-state index in [0.29, 0.717) is 0 Å². The van der Waals surface area contributed by atoms with Crippen LogP contribution in [0, 0.1) is 0 Å². The van der Waals surface area contributed by atoms with Crippen molar-refractivity contribution in [3.8, 4) is 0 Å². The monoisotopic (exact) mass is 265 g/mol. The van der Waals surface area contributed by atoms with Gasteiger partial charge in [-0.05, 0) is 37.1 Å². The van der Waals surface area contributed by atoms with Gasteiger partial charge in [0.05, 0.1) is 6.61 Å². The molecule has 1 aliphatic rings. The molecule has 0 spiro atoms. The van der Waals surface area contributed by atoms with Crippen LogP contribution in [0.1, 0.15) is 31.9 Å². The number of nitrogens with one attached hydrogen (secondary N) is 1. The first-order valence-corrected chi connectivity index (χ1v) is 7.71. The van der Waals surface area contributed by atoms with Crippen LogP contribution in [0.25, 0.3) is 0 Å². The van der Waals surface area contributed by atoms with Gasteiger partial charge in [0, 0.05) is 22.1 Å². The average Bonchev–Trinajstić information content (AvgIpc) is 2.85. The van der Waals surface area contributed by atoms with E-state index in [1.54, 1.807) is 0 Å². The van der Waals surface area contributed by atoms with E-state index in [9.17, 15) is 5.11 Å². The highest BCUT2D eigenvalue weighted by Crippen LogP contribution is 2.36. The summed E-state index contributed by atoms with van der Waals surface area (Å²) in [5.74, 6) is 1.19. The number of fused-ring (bicyclic) bond motifs is 1. The van der Waals surface area contributed by atoms with Gasteiger partial charge in [-0.15, -0.1) is 11.8 Å². The molecule has 0 bridgehead atoms. The Bertz CT molecular complexity index is 421. The summed E-state index contributed by atoms with van der Waals surface area (Å²) in [6.07, 6.45) is 1.18. The molecule has 2 atom stereocenters. The van der Waals surface area contributed by atoms with E-state index in [1.807, 2.05) is 11.8 Å². The number of benzene rings is 1. The Balaban J connectivity index is 2.32. The fourth-order valence-corrected chi connectivity index (χ4v) is 3.64. The van der Waals surface area contributed by atoms with Crippen LogP contribution in [0.15, 0.2) is 23.1 Å². The van der Waals surface area contributed by atoms with E-state index < -0.39 is 0 Å². The average molecular weight is 265 g/mol. The zero-order valence-electron chi connectivity index (χ0n) is 11.5. The normalized spacial score (nSPS) is 19.3. The van der Waals surface area contributed by atoms with Crippen LogP contribution in [-0.2, 0) is 11.8 Å². The van der Waals surface area contributed by atoms with Crippen molar-refractivity contribution >= 4 is 11.8 Å². The predicted octanol–water partition coefficient (Wildman–Crippen LogP) is 2.58. The quantitative estimate of drug-likeness (QED) is 0.858. The number of rotatable bonds is 5. The largest absolute Gasteiger partial charge is 0.395 e. The molecule has 100 valence electrons. The number of hydrogen-bond acceptors (Lipinski definition) is 3. The fraction of sp³-hybridized carbons (Fsp3) is 0.600. The Labute approximate surface area is 114 Å². The van der Waals surface area contributed by atoms with Gasteiger partial charge < -0.3 is 10.4 Å². The van der Waals surface area contributed by atoms with E-state index in [1.165, 1.54) is 28.2 Å². The first-order valence-electron chi connectivity index (χ1n) is 6.72. The molecule has 0 aliphatic carbocycles. The van der Waals surface area contributed by atoms with Gasteiger partial charge in [-0.1, -0.05) is 26.0 Å². The number of aryl methyl sites for hydroxylation is 1. The SMILES string of the molecule is CCNC(C)C(C)(CO)c1ccc2c(c1)SCC2. The number of hydrogen-bond donors (Lipinski definition) is 2. The summed E-state index contributed by atoms with van der Waals surface area (Å²) in [4.78, 5) is 1.40. The van der Waals surface area contributed by atoms with Crippen molar-refractivity contribution in [3.05, 3.63) is 29.3 Å². The summed E-state index contributed by atoms with van der Waals surface area (Å²) >= 11 is 1.93. The first kappa shape index (κ1) is 13.9. The minimum absolute atomic E-state index is 0.171. The minimum Gasteiger partial charge on any atom is -0.395 e. The Morgan fingerprint density at radius 2 is 2.28 bits per heavy atom. The zero-order chi connectivity index (χ0) is 13.2. The third kappa shape index (κ3) is 2.44. The second-order valence-corrected chi connectivity index (χ2v) is 6.41. The Kier molecular flexibility index (Phi) is 4.36. The molecule has 0 aromatic heterocycles. The summed E-state index contributed by atoms with van der Waals surface area (Å²) < 4.78 is 0. The van der Waals surface area contributed by atoms with Crippen molar-refractivity contribution in [2.24, 2.45) is 0 Å². The molecule has 1 heterocycles. The molecule has 2 rings (SSSR count). The molecular formula is C15H23NOS. The second-order valence-electron chi connectivity index (χ2n) is 5.28. The predicted molar refractivity (Wildman–Crippen MR) is 78.4 cm³/mol. The smallest absolute Gasteiger partial charge is 0.0540 e. The molecule has 1 aliphatic heterocycles. The van der Waals surface area contributed by atoms with Gasteiger partial charge in [0.15, 0.2) is 0 Å². The highest BCUT2D eigenvalue weighted by molar-refractivity contribution is 7.99. The molecule has 0 radical (unpaired) electrons.